The lowest BCUT2D eigenvalue weighted by molar-refractivity contribution is 0.0935. The Balaban J connectivity index is 1.55. The molecule has 0 radical (unpaired) electrons. The second-order valence-electron chi connectivity index (χ2n) is 4.55. The van der Waals surface area contributed by atoms with Crippen LogP contribution in [0.5, 0.6) is 0 Å². The second-order valence-corrected chi connectivity index (χ2v) is 6.23. The molecule has 0 bridgehead atoms. The van der Waals surface area contributed by atoms with Crippen molar-refractivity contribution in [2.45, 2.75) is 13.0 Å². The standard InChI is InChI=1S/C12H10N6OS2/c1-7(8-5-18-12(15-8)21-6-13-18)14-10(19)9-4-17-2-3-20-11(17)16-9/h2-7H,1H3,(H,14,19). The molecule has 0 aliphatic carbocycles. The molecule has 1 amide bonds. The molecule has 0 aromatic carbocycles. The van der Waals surface area contributed by atoms with Gasteiger partial charge < -0.3 is 5.32 Å². The Morgan fingerprint density at radius 2 is 2.19 bits per heavy atom. The van der Waals surface area contributed by atoms with Crippen LogP contribution < -0.4 is 5.32 Å². The Morgan fingerprint density at radius 3 is 3.00 bits per heavy atom. The number of fused-ring (bicyclic) bond motifs is 2. The number of nitrogens with zero attached hydrogens (tertiary/aromatic N) is 5. The van der Waals surface area contributed by atoms with Crippen molar-refractivity contribution in [1.29, 1.82) is 0 Å². The maximum Gasteiger partial charge on any atom is 0.272 e. The van der Waals surface area contributed by atoms with Gasteiger partial charge in [-0.25, -0.2) is 14.5 Å². The van der Waals surface area contributed by atoms with Crippen LogP contribution >= 0.6 is 22.7 Å². The van der Waals surface area contributed by atoms with Crippen molar-refractivity contribution in [2.75, 3.05) is 0 Å². The zero-order valence-corrected chi connectivity index (χ0v) is 12.6. The summed E-state index contributed by atoms with van der Waals surface area (Å²) in [5.74, 6) is -0.206. The molecule has 4 aromatic rings. The van der Waals surface area contributed by atoms with Crippen LogP contribution in [0.2, 0.25) is 0 Å². The first-order valence-corrected chi connectivity index (χ1v) is 7.98. The molecule has 106 valence electrons. The molecule has 4 rings (SSSR count). The molecule has 0 aliphatic rings. The Hall–Kier alpha value is -2.26. The third kappa shape index (κ3) is 2.10. The van der Waals surface area contributed by atoms with Crippen molar-refractivity contribution in [3.05, 3.63) is 40.9 Å². The predicted octanol–water partition coefficient (Wildman–Crippen LogP) is 1.99. The molecule has 21 heavy (non-hydrogen) atoms. The number of thiazole rings is 1. The van der Waals surface area contributed by atoms with Gasteiger partial charge in [0.15, 0.2) is 4.96 Å². The highest BCUT2D eigenvalue weighted by molar-refractivity contribution is 7.15. The molecule has 7 nitrogen and oxygen atoms in total. The Labute approximate surface area is 126 Å². The van der Waals surface area contributed by atoms with Gasteiger partial charge in [-0.05, 0) is 6.92 Å². The number of aromatic nitrogens is 5. The molecule has 4 heterocycles. The monoisotopic (exact) mass is 318 g/mol. The smallest absolute Gasteiger partial charge is 0.272 e. The lowest BCUT2D eigenvalue weighted by Crippen LogP contribution is -2.27. The van der Waals surface area contributed by atoms with Crippen LogP contribution in [0, 0.1) is 0 Å². The average Bonchev–Trinajstić information content (AvgIpc) is 3.16. The van der Waals surface area contributed by atoms with Gasteiger partial charge in [0.2, 0.25) is 4.96 Å². The fourth-order valence-corrected chi connectivity index (χ4v) is 3.35. The van der Waals surface area contributed by atoms with E-state index in [0.717, 1.165) is 15.6 Å². The minimum atomic E-state index is -0.206. The average molecular weight is 318 g/mol. The maximum absolute atomic E-state index is 12.2. The molecular formula is C12H10N6OS2. The summed E-state index contributed by atoms with van der Waals surface area (Å²) in [5.41, 5.74) is 2.92. The lowest BCUT2D eigenvalue weighted by atomic mass is 10.2. The van der Waals surface area contributed by atoms with E-state index in [4.69, 9.17) is 0 Å². The molecular weight excluding hydrogens is 308 g/mol. The molecule has 0 spiro atoms. The molecule has 4 aromatic heterocycles. The molecule has 0 saturated carbocycles. The van der Waals surface area contributed by atoms with Gasteiger partial charge in [-0.2, -0.15) is 5.10 Å². The largest absolute Gasteiger partial charge is 0.342 e. The third-order valence-electron chi connectivity index (χ3n) is 3.12. The van der Waals surface area contributed by atoms with Gasteiger partial charge in [-0.3, -0.25) is 9.20 Å². The zero-order chi connectivity index (χ0) is 14.4. The number of carbonyl (C=O) groups excluding carboxylic acids is 1. The van der Waals surface area contributed by atoms with Crippen LogP contribution in [-0.2, 0) is 0 Å². The van der Waals surface area contributed by atoms with Crippen molar-refractivity contribution in [3.8, 4) is 0 Å². The number of rotatable bonds is 3. The quantitative estimate of drug-likeness (QED) is 0.627. The first-order chi connectivity index (χ1) is 10.2. The third-order valence-corrected chi connectivity index (χ3v) is 4.58. The maximum atomic E-state index is 12.2. The fraction of sp³-hybridized carbons (Fsp3) is 0.167. The summed E-state index contributed by atoms with van der Waals surface area (Å²) in [5, 5.41) is 8.96. The van der Waals surface area contributed by atoms with Gasteiger partial charge in [0, 0.05) is 17.8 Å². The first-order valence-electron chi connectivity index (χ1n) is 6.22. The first kappa shape index (κ1) is 12.5. The van der Waals surface area contributed by atoms with Gasteiger partial charge in [-0.15, -0.1) is 11.3 Å². The van der Waals surface area contributed by atoms with Crippen LogP contribution in [-0.4, -0.2) is 29.9 Å². The summed E-state index contributed by atoms with van der Waals surface area (Å²) in [4.78, 5) is 22.6. The van der Waals surface area contributed by atoms with E-state index >= 15 is 0 Å². The van der Waals surface area contributed by atoms with E-state index in [0.29, 0.717) is 5.69 Å². The Kier molecular flexibility index (Phi) is 2.76. The minimum Gasteiger partial charge on any atom is -0.342 e. The highest BCUT2D eigenvalue weighted by atomic mass is 32.1. The molecule has 0 aliphatic heterocycles. The predicted molar refractivity (Wildman–Crippen MR) is 79.8 cm³/mol. The highest BCUT2D eigenvalue weighted by Gasteiger charge is 2.17. The summed E-state index contributed by atoms with van der Waals surface area (Å²) in [6.45, 7) is 1.89. The van der Waals surface area contributed by atoms with Crippen molar-refractivity contribution >= 4 is 38.5 Å². The zero-order valence-electron chi connectivity index (χ0n) is 10.9. The van der Waals surface area contributed by atoms with Crippen molar-refractivity contribution in [1.82, 2.24) is 29.3 Å². The minimum absolute atomic E-state index is 0.203. The van der Waals surface area contributed by atoms with E-state index in [9.17, 15) is 4.79 Å². The second kappa shape index (κ2) is 4.64. The molecule has 9 heteroatoms. The van der Waals surface area contributed by atoms with Gasteiger partial charge in [0.05, 0.1) is 17.9 Å². The number of carbonyl (C=O) groups is 1. The fourth-order valence-electron chi connectivity index (χ4n) is 2.05. The van der Waals surface area contributed by atoms with Crippen LogP contribution in [0.25, 0.3) is 9.92 Å². The number of nitrogens with one attached hydrogen (secondary N) is 1. The van der Waals surface area contributed by atoms with E-state index in [1.54, 1.807) is 16.2 Å². The SMILES string of the molecule is CC(NC(=O)c1cn2ccsc2n1)c1cn2ncsc2n1. The number of imidazole rings is 2. The van der Waals surface area contributed by atoms with Gasteiger partial charge in [0.1, 0.15) is 11.2 Å². The topological polar surface area (TPSA) is 76.6 Å². The number of amides is 1. The van der Waals surface area contributed by atoms with E-state index in [2.05, 4.69) is 20.4 Å². The number of hydrogen-bond acceptors (Lipinski definition) is 6. The Morgan fingerprint density at radius 1 is 1.29 bits per heavy atom. The van der Waals surface area contributed by atoms with Gasteiger partial charge in [-0.1, -0.05) is 11.3 Å². The summed E-state index contributed by atoms with van der Waals surface area (Å²) < 4.78 is 3.54. The van der Waals surface area contributed by atoms with E-state index < -0.39 is 0 Å². The summed E-state index contributed by atoms with van der Waals surface area (Å²) >= 11 is 2.95. The van der Waals surface area contributed by atoms with Crippen molar-refractivity contribution < 1.29 is 4.79 Å². The van der Waals surface area contributed by atoms with E-state index in [1.807, 2.05) is 29.1 Å². The normalized spacial score (nSPS) is 13.0. The number of hydrogen-bond donors (Lipinski definition) is 1. The summed E-state index contributed by atoms with van der Waals surface area (Å²) in [7, 11) is 0. The van der Waals surface area contributed by atoms with E-state index in [1.165, 1.54) is 22.7 Å². The molecule has 1 atom stereocenters. The van der Waals surface area contributed by atoms with Crippen LogP contribution in [0.15, 0.2) is 29.5 Å². The molecule has 0 fully saturated rings. The molecule has 1 unspecified atom stereocenters. The van der Waals surface area contributed by atoms with Crippen LogP contribution in [0.4, 0.5) is 0 Å². The van der Waals surface area contributed by atoms with Gasteiger partial charge >= 0.3 is 0 Å². The highest BCUT2D eigenvalue weighted by Crippen LogP contribution is 2.16. The van der Waals surface area contributed by atoms with Crippen LogP contribution in [0.3, 0.4) is 0 Å². The molecule has 0 saturated heterocycles. The lowest BCUT2D eigenvalue weighted by Gasteiger charge is -2.09. The molecule has 1 N–H and O–H groups in total. The van der Waals surface area contributed by atoms with E-state index in [-0.39, 0.29) is 11.9 Å². The van der Waals surface area contributed by atoms with Crippen molar-refractivity contribution in [3.63, 3.8) is 0 Å². The van der Waals surface area contributed by atoms with Crippen LogP contribution in [0.1, 0.15) is 29.1 Å². The summed E-state index contributed by atoms with van der Waals surface area (Å²) in [6, 6.07) is -0.203. The Bertz CT molecular complexity index is 875. The van der Waals surface area contributed by atoms with Crippen molar-refractivity contribution in [2.24, 2.45) is 0 Å². The summed E-state index contributed by atoms with van der Waals surface area (Å²) in [6.07, 6.45) is 5.42. The van der Waals surface area contributed by atoms with Gasteiger partial charge in [0.25, 0.3) is 5.91 Å².